The number of amides is 4. The zero-order chi connectivity index (χ0) is 22.1. The van der Waals surface area contributed by atoms with Gasteiger partial charge in [-0.3, -0.25) is 24.3 Å². The van der Waals surface area contributed by atoms with Gasteiger partial charge >= 0.3 is 17.8 Å². The van der Waals surface area contributed by atoms with Gasteiger partial charge in [-0.1, -0.05) is 12.1 Å². The van der Waals surface area contributed by atoms with Crippen LogP contribution in [-0.4, -0.2) is 83.6 Å². The average molecular weight is 457 g/mol. The molecule has 0 unspecified atom stereocenters. The summed E-state index contributed by atoms with van der Waals surface area (Å²) in [5, 5.41) is 1.95. The summed E-state index contributed by atoms with van der Waals surface area (Å²) in [6, 6.07) is 9.35. The van der Waals surface area contributed by atoms with Crippen molar-refractivity contribution in [2.75, 3.05) is 46.2 Å². The van der Waals surface area contributed by atoms with E-state index in [-0.39, 0.29) is 20.0 Å². The van der Waals surface area contributed by atoms with Crippen LogP contribution in [0, 0.1) is 0 Å². The summed E-state index contributed by atoms with van der Waals surface area (Å²) in [4.78, 5) is 45.0. The first-order valence-corrected chi connectivity index (χ1v) is 11.5. The molecule has 168 valence electrons. The van der Waals surface area contributed by atoms with Crippen molar-refractivity contribution in [2.45, 2.75) is 13.0 Å². The van der Waals surface area contributed by atoms with Gasteiger partial charge in [-0.2, -0.15) is 0 Å². The second-order valence-electron chi connectivity index (χ2n) is 8.03. The van der Waals surface area contributed by atoms with E-state index >= 15 is 0 Å². The van der Waals surface area contributed by atoms with Gasteiger partial charge in [0.1, 0.15) is 0 Å². The van der Waals surface area contributed by atoms with E-state index in [9.17, 15) is 14.4 Å². The van der Waals surface area contributed by atoms with Gasteiger partial charge in [0.05, 0.1) is 6.67 Å². The summed E-state index contributed by atoms with van der Waals surface area (Å²) >= 11 is 1.57. The van der Waals surface area contributed by atoms with Crippen molar-refractivity contribution in [1.29, 1.82) is 0 Å². The lowest BCUT2D eigenvalue weighted by atomic mass is 10.1. The molecule has 4 amide bonds. The molecule has 0 aliphatic carbocycles. The number of fused-ring (bicyclic) bond motifs is 1. The van der Waals surface area contributed by atoms with Crippen molar-refractivity contribution in [3.05, 3.63) is 46.2 Å². The first-order chi connectivity index (χ1) is 15.6. The second kappa shape index (κ2) is 8.89. The molecule has 3 aliphatic rings. The number of hydrogen-bond acceptors (Lipinski definition) is 8. The molecule has 0 N–H and O–H groups in total. The largest absolute Gasteiger partial charge is 0.454 e. The summed E-state index contributed by atoms with van der Waals surface area (Å²) in [7, 11) is 0. The van der Waals surface area contributed by atoms with Crippen molar-refractivity contribution in [1.82, 2.24) is 19.6 Å². The number of hydrogen-bond donors (Lipinski definition) is 0. The number of carbonyl (C=O) groups is 3. The highest BCUT2D eigenvalue weighted by atomic mass is 32.1. The molecule has 0 radical (unpaired) electrons. The van der Waals surface area contributed by atoms with Crippen molar-refractivity contribution < 1.29 is 23.9 Å². The maximum absolute atomic E-state index is 12.7. The molecule has 1 aromatic heterocycles. The highest BCUT2D eigenvalue weighted by molar-refractivity contribution is 7.09. The van der Waals surface area contributed by atoms with Gasteiger partial charge in [0.25, 0.3) is 0 Å². The Morgan fingerprint density at radius 1 is 0.875 bits per heavy atom. The zero-order valence-electron chi connectivity index (χ0n) is 17.6. The van der Waals surface area contributed by atoms with E-state index in [1.165, 1.54) is 0 Å². The maximum Gasteiger partial charge on any atom is 0.335 e. The molecule has 0 spiro atoms. The SMILES string of the molecule is O=C1C(=O)N(CN2CCN(Cc3ccc4c(c3)OCO4)CC2)C(=O)N1CCc1cccs1. The van der Waals surface area contributed by atoms with Crippen LogP contribution in [0.15, 0.2) is 35.7 Å². The highest BCUT2D eigenvalue weighted by Gasteiger charge is 2.44. The topological polar surface area (TPSA) is 82.6 Å². The first-order valence-electron chi connectivity index (χ1n) is 10.6. The molecule has 3 aliphatic heterocycles. The molecule has 4 heterocycles. The summed E-state index contributed by atoms with van der Waals surface area (Å²) in [6.45, 7) is 4.47. The predicted octanol–water partition coefficient (Wildman–Crippen LogP) is 1.59. The Kier molecular flexibility index (Phi) is 5.81. The van der Waals surface area contributed by atoms with E-state index in [1.807, 2.05) is 40.6 Å². The summed E-state index contributed by atoms with van der Waals surface area (Å²) in [5.74, 6) is 0.0926. The Hall–Kier alpha value is -2.95. The fraction of sp³-hybridized carbons (Fsp3) is 0.409. The van der Waals surface area contributed by atoms with Crippen molar-refractivity contribution in [3.63, 3.8) is 0 Å². The number of ether oxygens (including phenoxy) is 2. The van der Waals surface area contributed by atoms with Gasteiger partial charge in [-0.25, -0.2) is 9.69 Å². The number of imide groups is 2. The Labute approximate surface area is 189 Å². The smallest absolute Gasteiger partial charge is 0.335 e. The lowest BCUT2D eigenvalue weighted by molar-refractivity contribution is -0.144. The maximum atomic E-state index is 12.7. The molecule has 5 rings (SSSR count). The van der Waals surface area contributed by atoms with Crippen LogP contribution >= 0.6 is 11.3 Å². The van der Waals surface area contributed by atoms with Gasteiger partial charge in [0.15, 0.2) is 11.5 Å². The van der Waals surface area contributed by atoms with Gasteiger partial charge < -0.3 is 9.47 Å². The number of thiophene rings is 1. The van der Waals surface area contributed by atoms with E-state index in [1.54, 1.807) is 11.3 Å². The Balaban J connectivity index is 1.12. The van der Waals surface area contributed by atoms with Gasteiger partial charge in [-0.05, 0) is 29.1 Å². The molecule has 32 heavy (non-hydrogen) atoms. The number of urea groups is 1. The number of nitrogens with zero attached hydrogens (tertiary/aromatic N) is 4. The van der Waals surface area contributed by atoms with Crippen LogP contribution < -0.4 is 9.47 Å². The van der Waals surface area contributed by atoms with Crippen molar-refractivity contribution in [3.8, 4) is 11.5 Å². The van der Waals surface area contributed by atoms with Crippen LogP contribution in [0.4, 0.5) is 4.79 Å². The minimum Gasteiger partial charge on any atom is -0.454 e. The number of carbonyl (C=O) groups excluding carboxylic acids is 3. The van der Waals surface area contributed by atoms with Crippen LogP contribution in [0.3, 0.4) is 0 Å². The zero-order valence-corrected chi connectivity index (χ0v) is 18.4. The van der Waals surface area contributed by atoms with Gasteiger partial charge in [0.2, 0.25) is 6.79 Å². The summed E-state index contributed by atoms with van der Waals surface area (Å²) < 4.78 is 10.8. The third-order valence-corrected chi connectivity index (χ3v) is 6.88. The lowest BCUT2D eigenvalue weighted by Crippen LogP contribution is -2.51. The lowest BCUT2D eigenvalue weighted by Gasteiger charge is -2.35. The highest BCUT2D eigenvalue weighted by Crippen LogP contribution is 2.32. The first kappa shape index (κ1) is 20.9. The van der Waals surface area contributed by atoms with Crippen LogP contribution in [-0.2, 0) is 22.6 Å². The predicted molar refractivity (Wildman–Crippen MR) is 116 cm³/mol. The molecule has 2 fully saturated rings. The van der Waals surface area contributed by atoms with E-state index < -0.39 is 17.8 Å². The minimum absolute atomic E-state index is 0.150. The van der Waals surface area contributed by atoms with Crippen LogP contribution in [0.2, 0.25) is 0 Å². The molecule has 9 nitrogen and oxygen atoms in total. The van der Waals surface area contributed by atoms with Crippen LogP contribution in [0.1, 0.15) is 10.4 Å². The van der Waals surface area contributed by atoms with Gasteiger partial charge in [-0.15, -0.1) is 11.3 Å². The summed E-state index contributed by atoms with van der Waals surface area (Å²) in [6.07, 6.45) is 0.564. The molecule has 2 saturated heterocycles. The molecule has 0 bridgehead atoms. The monoisotopic (exact) mass is 456 g/mol. The molecule has 2 aromatic rings. The second-order valence-corrected chi connectivity index (χ2v) is 9.06. The Bertz CT molecular complexity index is 1020. The Morgan fingerprint density at radius 3 is 2.41 bits per heavy atom. The van der Waals surface area contributed by atoms with E-state index in [0.29, 0.717) is 19.5 Å². The molecule has 0 saturated carbocycles. The fourth-order valence-electron chi connectivity index (χ4n) is 4.14. The van der Waals surface area contributed by atoms with Crippen LogP contribution in [0.25, 0.3) is 0 Å². The third kappa shape index (κ3) is 4.21. The van der Waals surface area contributed by atoms with E-state index in [0.717, 1.165) is 51.4 Å². The third-order valence-electron chi connectivity index (χ3n) is 5.95. The standard InChI is InChI=1S/C22H24N4O5S/c27-20-21(28)26(22(29)25(20)6-5-17-2-1-11-32-17)14-24-9-7-23(8-10-24)13-16-3-4-18-19(12-16)31-15-30-18/h1-4,11-12H,5-10,13-15H2. The number of rotatable bonds is 7. The fourth-order valence-corrected chi connectivity index (χ4v) is 4.83. The van der Waals surface area contributed by atoms with Crippen molar-refractivity contribution >= 4 is 29.2 Å². The van der Waals surface area contributed by atoms with Crippen LogP contribution in [0.5, 0.6) is 11.5 Å². The molecule has 1 aromatic carbocycles. The molecule has 0 atom stereocenters. The van der Waals surface area contributed by atoms with E-state index in [4.69, 9.17) is 9.47 Å². The number of benzene rings is 1. The normalized spacial score (nSPS) is 19.4. The molecule has 10 heteroatoms. The van der Waals surface area contributed by atoms with E-state index in [2.05, 4.69) is 4.90 Å². The minimum atomic E-state index is -0.732. The Morgan fingerprint density at radius 2 is 1.62 bits per heavy atom. The van der Waals surface area contributed by atoms with Crippen molar-refractivity contribution in [2.24, 2.45) is 0 Å². The quantitative estimate of drug-likeness (QED) is 0.462. The van der Waals surface area contributed by atoms with Gasteiger partial charge in [0, 0.05) is 50.6 Å². The number of piperazine rings is 1. The molecular formula is C22H24N4O5S. The summed E-state index contributed by atoms with van der Waals surface area (Å²) in [5.41, 5.74) is 1.15. The average Bonchev–Trinajstić information content (AvgIpc) is 3.52. The molecular weight excluding hydrogens is 432 g/mol.